The number of anilines is 1. The molecule has 0 saturated carbocycles. The van der Waals surface area contributed by atoms with Gasteiger partial charge in [0.25, 0.3) is 0 Å². The van der Waals surface area contributed by atoms with Crippen molar-refractivity contribution in [3.63, 3.8) is 0 Å². The van der Waals surface area contributed by atoms with Gasteiger partial charge < -0.3 is 10.5 Å². The lowest BCUT2D eigenvalue weighted by molar-refractivity contribution is -0.0791. The van der Waals surface area contributed by atoms with Gasteiger partial charge in [-0.25, -0.2) is 0 Å². The summed E-state index contributed by atoms with van der Waals surface area (Å²) in [6.07, 6.45) is 8.29. The summed E-state index contributed by atoms with van der Waals surface area (Å²) in [5.74, 6) is 3.12. The van der Waals surface area contributed by atoms with Gasteiger partial charge in [0, 0.05) is 30.4 Å². The molecule has 0 radical (unpaired) electrons. The second-order valence-corrected chi connectivity index (χ2v) is 6.58. The van der Waals surface area contributed by atoms with E-state index in [-0.39, 0.29) is 5.60 Å². The van der Waals surface area contributed by atoms with Crippen LogP contribution in [0.1, 0.15) is 24.8 Å². The maximum absolute atomic E-state index is 6.06. The number of nitrogens with two attached hydrogens (primary N) is 1. The van der Waals surface area contributed by atoms with E-state index in [2.05, 4.69) is 4.98 Å². The SMILES string of the molecule is Nc1ccncc1CC1CCOC2(CCSC2)C1. The van der Waals surface area contributed by atoms with E-state index in [1.165, 1.54) is 29.9 Å². The van der Waals surface area contributed by atoms with Crippen molar-refractivity contribution in [2.45, 2.75) is 31.3 Å². The third kappa shape index (κ3) is 2.50. The Hall–Kier alpha value is -0.740. The molecule has 2 fully saturated rings. The summed E-state index contributed by atoms with van der Waals surface area (Å²) in [5.41, 5.74) is 8.26. The molecule has 18 heavy (non-hydrogen) atoms. The zero-order valence-corrected chi connectivity index (χ0v) is 11.4. The quantitative estimate of drug-likeness (QED) is 0.891. The zero-order chi connectivity index (χ0) is 12.4. The average Bonchev–Trinajstić information content (AvgIpc) is 2.80. The van der Waals surface area contributed by atoms with Gasteiger partial charge in [0.2, 0.25) is 0 Å². The van der Waals surface area contributed by atoms with E-state index in [1.54, 1.807) is 6.20 Å². The van der Waals surface area contributed by atoms with Gasteiger partial charge in [-0.2, -0.15) is 11.8 Å². The van der Waals surface area contributed by atoms with Crippen molar-refractivity contribution >= 4 is 17.4 Å². The number of rotatable bonds is 2. The largest absolute Gasteiger partial charge is 0.398 e. The highest BCUT2D eigenvalue weighted by Crippen LogP contribution is 2.41. The van der Waals surface area contributed by atoms with Crippen LogP contribution in [0.3, 0.4) is 0 Å². The Morgan fingerprint density at radius 1 is 1.56 bits per heavy atom. The number of nitrogen functional groups attached to an aromatic ring is 1. The van der Waals surface area contributed by atoms with Gasteiger partial charge in [-0.1, -0.05) is 0 Å². The van der Waals surface area contributed by atoms with Crippen LogP contribution in [-0.2, 0) is 11.2 Å². The van der Waals surface area contributed by atoms with E-state index in [4.69, 9.17) is 10.5 Å². The number of aromatic nitrogens is 1. The van der Waals surface area contributed by atoms with Crippen LogP contribution in [0.4, 0.5) is 5.69 Å². The first-order valence-corrected chi connectivity index (χ1v) is 7.83. The van der Waals surface area contributed by atoms with Crippen LogP contribution in [0.25, 0.3) is 0 Å². The predicted octanol–water partition coefficient (Wildman–Crippen LogP) is 2.51. The molecule has 0 amide bonds. The minimum absolute atomic E-state index is 0.171. The lowest BCUT2D eigenvalue weighted by atomic mass is 9.82. The second kappa shape index (κ2) is 5.10. The lowest BCUT2D eigenvalue weighted by Gasteiger charge is -2.38. The van der Waals surface area contributed by atoms with Crippen LogP contribution in [-0.4, -0.2) is 28.7 Å². The van der Waals surface area contributed by atoms with E-state index in [0.29, 0.717) is 5.92 Å². The summed E-state index contributed by atoms with van der Waals surface area (Å²) >= 11 is 2.03. The van der Waals surface area contributed by atoms with Crippen molar-refractivity contribution in [3.05, 3.63) is 24.0 Å². The standard InChI is InChI=1S/C14H20N2OS/c15-13-1-4-16-9-12(13)7-11-2-5-17-14(8-11)3-6-18-10-14/h1,4,9,11H,2-3,5-8,10H2,(H2,15,16). The van der Waals surface area contributed by atoms with Crippen molar-refractivity contribution in [1.29, 1.82) is 0 Å². The Morgan fingerprint density at radius 3 is 3.28 bits per heavy atom. The van der Waals surface area contributed by atoms with Crippen LogP contribution in [0.2, 0.25) is 0 Å². The van der Waals surface area contributed by atoms with Gasteiger partial charge in [-0.05, 0) is 49.0 Å². The van der Waals surface area contributed by atoms with Crippen molar-refractivity contribution < 1.29 is 4.74 Å². The molecule has 1 spiro atoms. The summed E-state index contributed by atoms with van der Waals surface area (Å²) in [6, 6.07) is 1.90. The molecule has 4 heteroatoms. The lowest BCUT2D eigenvalue weighted by Crippen LogP contribution is -2.40. The van der Waals surface area contributed by atoms with Gasteiger partial charge in [-0.3, -0.25) is 4.98 Å². The second-order valence-electron chi connectivity index (χ2n) is 5.47. The molecule has 0 bridgehead atoms. The molecular formula is C14H20N2OS. The third-order valence-corrected chi connectivity index (χ3v) is 5.34. The first-order chi connectivity index (χ1) is 8.77. The Labute approximate surface area is 113 Å². The minimum atomic E-state index is 0.171. The summed E-state index contributed by atoms with van der Waals surface area (Å²) < 4.78 is 6.06. The molecule has 1 aromatic rings. The number of ether oxygens (including phenoxy) is 1. The van der Waals surface area contributed by atoms with Crippen LogP contribution in [0.15, 0.2) is 18.5 Å². The van der Waals surface area contributed by atoms with Crippen molar-refractivity contribution in [3.8, 4) is 0 Å². The molecule has 2 aliphatic heterocycles. The van der Waals surface area contributed by atoms with Gasteiger partial charge in [0.1, 0.15) is 0 Å². The van der Waals surface area contributed by atoms with E-state index >= 15 is 0 Å². The molecule has 98 valence electrons. The topological polar surface area (TPSA) is 48.1 Å². The van der Waals surface area contributed by atoms with Crippen LogP contribution in [0.5, 0.6) is 0 Å². The number of nitrogens with zero attached hydrogens (tertiary/aromatic N) is 1. The highest BCUT2D eigenvalue weighted by atomic mass is 32.2. The Kier molecular flexibility index (Phi) is 3.48. The normalized spacial score (nSPS) is 31.9. The molecule has 2 saturated heterocycles. The Balaban J connectivity index is 1.68. The molecule has 3 heterocycles. The van der Waals surface area contributed by atoms with Crippen LogP contribution < -0.4 is 5.73 Å². The van der Waals surface area contributed by atoms with Crippen LogP contribution in [0, 0.1) is 5.92 Å². The van der Waals surface area contributed by atoms with Gasteiger partial charge in [0.05, 0.1) is 5.60 Å². The fourth-order valence-corrected chi connectivity index (χ4v) is 4.46. The molecule has 0 aliphatic carbocycles. The third-order valence-electron chi connectivity index (χ3n) is 4.11. The molecule has 3 rings (SSSR count). The fraction of sp³-hybridized carbons (Fsp3) is 0.643. The highest BCUT2D eigenvalue weighted by Gasteiger charge is 2.40. The zero-order valence-electron chi connectivity index (χ0n) is 10.6. The molecule has 1 aromatic heterocycles. The predicted molar refractivity (Wildman–Crippen MR) is 75.7 cm³/mol. The summed E-state index contributed by atoms with van der Waals surface area (Å²) in [7, 11) is 0. The first kappa shape index (κ1) is 12.3. The number of pyridine rings is 1. The molecule has 2 atom stereocenters. The van der Waals surface area contributed by atoms with E-state index in [0.717, 1.165) is 25.1 Å². The maximum atomic E-state index is 6.06. The van der Waals surface area contributed by atoms with Crippen molar-refractivity contribution in [2.24, 2.45) is 5.92 Å². The van der Waals surface area contributed by atoms with Crippen LogP contribution >= 0.6 is 11.8 Å². The summed E-state index contributed by atoms with van der Waals surface area (Å²) in [6.45, 7) is 0.908. The van der Waals surface area contributed by atoms with E-state index in [1.807, 2.05) is 24.0 Å². The summed E-state index contributed by atoms with van der Waals surface area (Å²) in [4.78, 5) is 4.18. The Bertz CT molecular complexity index is 418. The molecule has 2 aliphatic rings. The van der Waals surface area contributed by atoms with Gasteiger partial charge in [0.15, 0.2) is 0 Å². The number of hydrogen-bond donors (Lipinski definition) is 1. The maximum Gasteiger partial charge on any atom is 0.0783 e. The van der Waals surface area contributed by atoms with Gasteiger partial charge >= 0.3 is 0 Å². The smallest absolute Gasteiger partial charge is 0.0783 e. The average molecular weight is 264 g/mol. The molecule has 0 aromatic carbocycles. The number of thioether (sulfide) groups is 1. The monoisotopic (exact) mass is 264 g/mol. The summed E-state index contributed by atoms with van der Waals surface area (Å²) in [5, 5.41) is 0. The minimum Gasteiger partial charge on any atom is -0.398 e. The molecule has 3 nitrogen and oxygen atoms in total. The number of hydrogen-bond acceptors (Lipinski definition) is 4. The molecule has 2 unspecified atom stereocenters. The van der Waals surface area contributed by atoms with Crippen molar-refractivity contribution in [2.75, 3.05) is 23.8 Å². The Morgan fingerprint density at radius 2 is 2.50 bits per heavy atom. The van der Waals surface area contributed by atoms with E-state index < -0.39 is 0 Å². The van der Waals surface area contributed by atoms with Crippen molar-refractivity contribution in [1.82, 2.24) is 4.98 Å². The molecule has 2 N–H and O–H groups in total. The highest BCUT2D eigenvalue weighted by molar-refractivity contribution is 7.99. The first-order valence-electron chi connectivity index (χ1n) is 6.67. The molecular weight excluding hydrogens is 244 g/mol. The van der Waals surface area contributed by atoms with E-state index in [9.17, 15) is 0 Å². The fourth-order valence-electron chi connectivity index (χ4n) is 3.09. The van der Waals surface area contributed by atoms with Gasteiger partial charge in [-0.15, -0.1) is 0 Å².